The van der Waals surface area contributed by atoms with Gasteiger partial charge in [-0.05, 0) is 61.4 Å². The van der Waals surface area contributed by atoms with Crippen molar-refractivity contribution < 1.29 is 18.0 Å². The maximum atomic E-state index is 12.9. The first-order valence-electron chi connectivity index (χ1n) is 12.1. The number of carbonyl (C=O) groups excluding carboxylic acids is 2. The number of sulfone groups is 1. The van der Waals surface area contributed by atoms with Crippen molar-refractivity contribution in [1.29, 1.82) is 0 Å². The molecule has 0 bridgehead atoms. The number of halogens is 1. The summed E-state index contributed by atoms with van der Waals surface area (Å²) in [5.41, 5.74) is 3.11. The van der Waals surface area contributed by atoms with Gasteiger partial charge in [-0.1, -0.05) is 24.4 Å². The second-order valence-corrected chi connectivity index (χ2v) is 12.9. The molecule has 2 aliphatic heterocycles. The van der Waals surface area contributed by atoms with Gasteiger partial charge in [0.15, 0.2) is 9.84 Å². The molecule has 2 saturated heterocycles. The summed E-state index contributed by atoms with van der Waals surface area (Å²) >= 11 is 6.41. The molecule has 0 aromatic heterocycles. The van der Waals surface area contributed by atoms with Gasteiger partial charge in [-0.2, -0.15) is 0 Å². The highest BCUT2D eigenvalue weighted by Crippen LogP contribution is 2.29. The largest absolute Gasteiger partial charge is 0.337 e. The molecule has 0 unspecified atom stereocenters. The molecule has 0 N–H and O–H groups in total. The van der Waals surface area contributed by atoms with Crippen LogP contribution in [0.3, 0.4) is 0 Å². The summed E-state index contributed by atoms with van der Waals surface area (Å²) in [7, 11) is -2.91. The number of benzene rings is 1. The van der Waals surface area contributed by atoms with E-state index in [-0.39, 0.29) is 41.6 Å². The SMILES string of the molecule is Cc1c(CC(=O)CC2CS(=O)(=O)C2)cc(Cl)cc1CN1CCN(C(=O)C2CCCC2)[C@@H](C)C1. The van der Waals surface area contributed by atoms with Gasteiger partial charge in [0, 0.05) is 56.0 Å². The summed E-state index contributed by atoms with van der Waals surface area (Å²) < 4.78 is 22.7. The van der Waals surface area contributed by atoms with E-state index < -0.39 is 9.84 Å². The van der Waals surface area contributed by atoms with Crippen LogP contribution in [0.4, 0.5) is 0 Å². The average Bonchev–Trinajstić information content (AvgIpc) is 3.24. The Morgan fingerprint density at radius 1 is 1.09 bits per heavy atom. The van der Waals surface area contributed by atoms with Crippen molar-refractivity contribution in [2.45, 2.75) is 65.0 Å². The fourth-order valence-corrected chi connectivity index (χ4v) is 7.53. The van der Waals surface area contributed by atoms with Gasteiger partial charge in [0.2, 0.25) is 5.91 Å². The van der Waals surface area contributed by atoms with Crippen LogP contribution in [0.2, 0.25) is 5.02 Å². The summed E-state index contributed by atoms with van der Waals surface area (Å²) in [6.07, 6.45) is 5.01. The third-order valence-corrected chi connectivity index (χ3v) is 9.74. The number of rotatable bonds is 7. The van der Waals surface area contributed by atoms with Crippen LogP contribution in [0.1, 0.15) is 55.7 Å². The molecule has 4 rings (SSSR count). The molecule has 1 saturated carbocycles. The average molecular weight is 495 g/mol. The Labute approximate surface area is 202 Å². The van der Waals surface area contributed by atoms with Gasteiger partial charge in [0.1, 0.15) is 5.78 Å². The minimum absolute atomic E-state index is 0.0359. The topological polar surface area (TPSA) is 74.8 Å². The summed E-state index contributed by atoms with van der Waals surface area (Å²) in [5, 5.41) is 0.618. The molecule has 1 atom stereocenters. The van der Waals surface area contributed by atoms with Crippen LogP contribution in [0.25, 0.3) is 0 Å². The van der Waals surface area contributed by atoms with Gasteiger partial charge >= 0.3 is 0 Å². The minimum atomic E-state index is -2.91. The van der Waals surface area contributed by atoms with Crippen LogP contribution >= 0.6 is 11.6 Å². The van der Waals surface area contributed by atoms with E-state index in [1.807, 2.05) is 19.1 Å². The maximum absolute atomic E-state index is 12.9. The molecule has 6 nitrogen and oxygen atoms in total. The predicted molar refractivity (Wildman–Crippen MR) is 130 cm³/mol. The Bertz CT molecular complexity index is 1010. The molecule has 1 aromatic carbocycles. The molecule has 1 aromatic rings. The molecule has 3 aliphatic rings. The van der Waals surface area contributed by atoms with E-state index in [0.29, 0.717) is 17.4 Å². The Balaban J connectivity index is 1.36. The lowest BCUT2D eigenvalue weighted by molar-refractivity contribution is -0.140. The van der Waals surface area contributed by atoms with E-state index in [0.717, 1.165) is 55.7 Å². The first-order valence-corrected chi connectivity index (χ1v) is 14.3. The summed E-state index contributed by atoms with van der Waals surface area (Å²) in [6.45, 7) is 7.32. The lowest BCUT2D eigenvalue weighted by Crippen LogP contribution is -2.54. The summed E-state index contributed by atoms with van der Waals surface area (Å²) in [5.74, 6) is 0.843. The molecular weight excluding hydrogens is 460 g/mol. The van der Waals surface area contributed by atoms with Crippen LogP contribution in [0, 0.1) is 18.8 Å². The number of nitrogens with zero attached hydrogens (tertiary/aromatic N) is 2. The number of piperazine rings is 1. The predicted octanol–water partition coefficient (Wildman–Crippen LogP) is 3.42. The third kappa shape index (κ3) is 5.98. The quantitative estimate of drug-likeness (QED) is 0.580. The van der Waals surface area contributed by atoms with E-state index in [1.165, 1.54) is 12.8 Å². The second-order valence-electron chi connectivity index (χ2n) is 10.3. The van der Waals surface area contributed by atoms with E-state index in [9.17, 15) is 18.0 Å². The fraction of sp³-hybridized carbons (Fsp3) is 0.680. The monoisotopic (exact) mass is 494 g/mol. The number of ketones is 1. The molecule has 33 heavy (non-hydrogen) atoms. The molecule has 0 spiro atoms. The Morgan fingerprint density at radius 2 is 1.76 bits per heavy atom. The molecular formula is C25H35ClN2O4S. The van der Waals surface area contributed by atoms with Crippen LogP contribution in [-0.4, -0.2) is 67.1 Å². The number of carbonyl (C=O) groups is 2. The van der Waals surface area contributed by atoms with Gasteiger partial charge in [-0.25, -0.2) is 8.42 Å². The zero-order chi connectivity index (χ0) is 23.8. The van der Waals surface area contributed by atoms with E-state index in [4.69, 9.17) is 11.6 Å². The highest BCUT2D eigenvalue weighted by atomic mass is 35.5. The first-order chi connectivity index (χ1) is 15.6. The number of Topliss-reactive ketones (excluding diaryl/α,β-unsaturated/α-hetero) is 1. The molecule has 3 fully saturated rings. The van der Waals surface area contributed by atoms with Crippen LogP contribution < -0.4 is 0 Å². The van der Waals surface area contributed by atoms with Crippen molar-refractivity contribution in [3.8, 4) is 0 Å². The smallest absolute Gasteiger partial charge is 0.226 e. The standard InChI is InChI=1S/C25H35ClN2O4S/c1-17-13-27(7-8-28(17)25(30)20-5-3-4-6-20)14-22-11-23(26)10-21(18(22)2)12-24(29)9-19-15-33(31,32)16-19/h10-11,17,19-20H,3-9,12-16H2,1-2H3/t17-/m0/s1. The highest BCUT2D eigenvalue weighted by molar-refractivity contribution is 7.92. The van der Waals surface area contributed by atoms with Crippen molar-refractivity contribution in [1.82, 2.24) is 9.80 Å². The van der Waals surface area contributed by atoms with E-state index >= 15 is 0 Å². The molecule has 182 valence electrons. The maximum Gasteiger partial charge on any atom is 0.226 e. The van der Waals surface area contributed by atoms with Gasteiger partial charge in [0.05, 0.1) is 11.5 Å². The van der Waals surface area contributed by atoms with Gasteiger partial charge in [0.25, 0.3) is 0 Å². The van der Waals surface area contributed by atoms with Gasteiger partial charge in [-0.3, -0.25) is 14.5 Å². The van der Waals surface area contributed by atoms with Crippen LogP contribution in [-0.2, 0) is 32.4 Å². The van der Waals surface area contributed by atoms with Crippen molar-refractivity contribution in [2.75, 3.05) is 31.1 Å². The molecule has 1 aliphatic carbocycles. The van der Waals surface area contributed by atoms with Crippen molar-refractivity contribution in [3.05, 3.63) is 33.8 Å². The Morgan fingerprint density at radius 3 is 2.39 bits per heavy atom. The number of amides is 1. The van der Waals surface area contributed by atoms with E-state index in [1.54, 1.807) is 0 Å². The lowest BCUT2D eigenvalue weighted by Gasteiger charge is -2.41. The third-order valence-electron chi connectivity index (χ3n) is 7.56. The van der Waals surface area contributed by atoms with Crippen molar-refractivity contribution in [2.24, 2.45) is 11.8 Å². The summed E-state index contributed by atoms with van der Waals surface area (Å²) in [6, 6.07) is 4.02. The van der Waals surface area contributed by atoms with Gasteiger partial charge in [-0.15, -0.1) is 0 Å². The normalized spacial score (nSPS) is 24.1. The molecule has 2 heterocycles. The number of hydrogen-bond acceptors (Lipinski definition) is 5. The van der Waals surface area contributed by atoms with Crippen molar-refractivity contribution >= 4 is 33.1 Å². The fourth-order valence-electron chi connectivity index (χ4n) is 5.69. The first kappa shape index (κ1) is 24.7. The Kier molecular flexibility index (Phi) is 7.51. The molecule has 0 radical (unpaired) electrons. The second kappa shape index (κ2) is 10.0. The Hall–Kier alpha value is -1.44. The van der Waals surface area contributed by atoms with E-state index in [2.05, 4.69) is 16.7 Å². The minimum Gasteiger partial charge on any atom is -0.337 e. The van der Waals surface area contributed by atoms with Crippen molar-refractivity contribution in [3.63, 3.8) is 0 Å². The number of hydrogen-bond donors (Lipinski definition) is 0. The molecule has 8 heteroatoms. The zero-order valence-corrected chi connectivity index (χ0v) is 21.3. The van der Waals surface area contributed by atoms with Crippen LogP contribution in [0.15, 0.2) is 12.1 Å². The zero-order valence-electron chi connectivity index (χ0n) is 19.7. The molecule has 1 amide bonds. The highest BCUT2D eigenvalue weighted by Gasteiger charge is 2.35. The summed E-state index contributed by atoms with van der Waals surface area (Å²) in [4.78, 5) is 29.9. The van der Waals surface area contributed by atoms with Crippen LogP contribution in [0.5, 0.6) is 0 Å². The van der Waals surface area contributed by atoms with Gasteiger partial charge < -0.3 is 4.90 Å². The lowest BCUT2D eigenvalue weighted by atomic mass is 9.94.